The molecule has 18 heavy (non-hydrogen) atoms. The summed E-state index contributed by atoms with van der Waals surface area (Å²) >= 11 is 0. The van der Waals surface area contributed by atoms with E-state index in [0.717, 1.165) is 5.56 Å². The van der Waals surface area contributed by atoms with E-state index in [9.17, 15) is 18.0 Å². The van der Waals surface area contributed by atoms with Crippen molar-refractivity contribution < 1.29 is 18.0 Å². The van der Waals surface area contributed by atoms with E-state index in [0.29, 0.717) is 5.69 Å². The van der Waals surface area contributed by atoms with Crippen molar-refractivity contribution in [1.29, 1.82) is 0 Å². The van der Waals surface area contributed by atoms with Crippen LogP contribution < -0.4 is 10.6 Å². The lowest BCUT2D eigenvalue weighted by Gasteiger charge is -2.20. The lowest BCUT2D eigenvalue weighted by Crippen LogP contribution is -2.28. The van der Waals surface area contributed by atoms with Gasteiger partial charge in [-0.05, 0) is 11.6 Å². The standard InChI is InChI=1S/C12H15F3N2O/c1-17(11(18)6-7-12(13,14)15)10-5-3-2-4-9(10)8-16/h2-5H,6-8,16H2,1H3. The highest BCUT2D eigenvalue weighted by molar-refractivity contribution is 5.93. The fourth-order valence-electron chi connectivity index (χ4n) is 1.56. The van der Waals surface area contributed by atoms with Gasteiger partial charge in [-0.1, -0.05) is 18.2 Å². The van der Waals surface area contributed by atoms with E-state index in [2.05, 4.69) is 0 Å². The predicted octanol–water partition coefficient (Wildman–Crippen LogP) is 2.45. The van der Waals surface area contributed by atoms with Gasteiger partial charge >= 0.3 is 6.18 Å². The fraction of sp³-hybridized carbons (Fsp3) is 0.417. The Bertz CT molecular complexity index is 418. The van der Waals surface area contributed by atoms with Crippen LogP contribution in [0.15, 0.2) is 24.3 Å². The number of amides is 1. The lowest BCUT2D eigenvalue weighted by atomic mass is 10.1. The molecule has 0 aliphatic carbocycles. The Kier molecular flexibility index (Phi) is 4.72. The molecule has 1 aromatic rings. The maximum atomic E-state index is 12.0. The average Bonchev–Trinajstić information content (AvgIpc) is 2.34. The number of anilines is 1. The molecule has 2 N–H and O–H groups in total. The van der Waals surface area contributed by atoms with E-state index in [4.69, 9.17) is 5.73 Å². The number of nitrogens with two attached hydrogens (primary N) is 1. The molecule has 0 saturated carbocycles. The summed E-state index contributed by atoms with van der Waals surface area (Å²) in [6.45, 7) is 0.229. The number of carbonyl (C=O) groups is 1. The summed E-state index contributed by atoms with van der Waals surface area (Å²) in [5.41, 5.74) is 6.78. The average molecular weight is 260 g/mol. The van der Waals surface area contributed by atoms with Crippen LogP contribution in [0.4, 0.5) is 18.9 Å². The Morgan fingerprint density at radius 1 is 1.33 bits per heavy atom. The highest BCUT2D eigenvalue weighted by Crippen LogP contribution is 2.24. The van der Waals surface area contributed by atoms with Gasteiger partial charge < -0.3 is 10.6 Å². The SMILES string of the molecule is CN(C(=O)CCC(F)(F)F)c1ccccc1CN. The van der Waals surface area contributed by atoms with E-state index < -0.39 is 24.9 Å². The van der Waals surface area contributed by atoms with Gasteiger partial charge in [-0.2, -0.15) is 13.2 Å². The smallest absolute Gasteiger partial charge is 0.326 e. The maximum Gasteiger partial charge on any atom is 0.389 e. The molecule has 0 aliphatic heterocycles. The van der Waals surface area contributed by atoms with Crippen LogP contribution in [0.2, 0.25) is 0 Å². The molecule has 3 nitrogen and oxygen atoms in total. The number of halogens is 3. The Morgan fingerprint density at radius 2 is 1.94 bits per heavy atom. The minimum Gasteiger partial charge on any atom is -0.326 e. The quantitative estimate of drug-likeness (QED) is 0.903. The molecule has 0 radical (unpaired) electrons. The molecule has 0 atom stereocenters. The van der Waals surface area contributed by atoms with Crippen molar-refractivity contribution in [2.45, 2.75) is 25.6 Å². The van der Waals surface area contributed by atoms with Crippen LogP contribution in [0, 0.1) is 0 Å². The Morgan fingerprint density at radius 3 is 2.50 bits per heavy atom. The summed E-state index contributed by atoms with van der Waals surface area (Å²) in [7, 11) is 1.45. The van der Waals surface area contributed by atoms with Crippen molar-refractivity contribution in [3.05, 3.63) is 29.8 Å². The van der Waals surface area contributed by atoms with Crippen molar-refractivity contribution in [3.8, 4) is 0 Å². The molecule has 0 heterocycles. The van der Waals surface area contributed by atoms with Gasteiger partial charge in [-0.25, -0.2) is 0 Å². The van der Waals surface area contributed by atoms with Gasteiger partial charge in [0.1, 0.15) is 0 Å². The van der Waals surface area contributed by atoms with Gasteiger partial charge in [-0.3, -0.25) is 4.79 Å². The second-order valence-corrected chi connectivity index (χ2v) is 3.90. The minimum absolute atomic E-state index is 0.229. The Balaban J connectivity index is 2.74. The summed E-state index contributed by atoms with van der Waals surface area (Å²) in [6.07, 6.45) is -5.98. The molecular formula is C12H15F3N2O. The number of hydrogen-bond acceptors (Lipinski definition) is 2. The van der Waals surface area contributed by atoms with Crippen molar-refractivity contribution >= 4 is 11.6 Å². The first-order valence-corrected chi connectivity index (χ1v) is 5.46. The van der Waals surface area contributed by atoms with Crippen LogP contribution in [0.25, 0.3) is 0 Å². The maximum absolute atomic E-state index is 12.0. The highest BCUT2D eigenvalue weighted by atomic mass is 19.4. The molecule has 0 fully saturated rings. The summed E-state index contributed by atoms with van der Waals surface area (Å²) in [4.78, 5) is 12.9. The zero-order chi connectivity index (χ0) is 13.8. The largest absolute Gasteiger partial charge is 0.389 e. The second-order valence-electron chi connectivity index (χ2n) is 3.90. The van der Waals surface area contributed by atoms with Crippen LogP contribution in [0.5, 0.6) is 0 Å². The first kappa shape index (κ1) is 14.5. The first-order chi connectivity index (χ1) is 8.35. The van der Waals surface area contributed by atoms with Crippen molar-refractivity contribution in [2.24, 2.45) is 5.73 Å². The molecule has 0 aromatic heterocycles. The van der Waals surface area contributed by atoms with Crippen LogP contribution in [0.1, 0.15) is 18.4 Å². The molecule has 100 valence electrons. The lowest BCUT2D eigenvalue weighted by molar-refractivity contribution is -0.142. The first-order valence-electron chi connectivity index (χ1n) is 5.46. The van der Waals surface area contributed by atoms with E-state index in [1.807, 2.05) is 0 Å². The molecule has 1 aromatic carbocycles. The van der Waals surface area contributed by atoms with E-state index in [1.165, 1.54) is 11.9 Å². The molecule has 0 spiro atoms. The molecule has 0 saturated heterocycles. The molecular weight excluding hydrogens is 245 g/mol. The number of hydrogen-bond donors (Lipinski definition) is 1. The van der Waals surface area contributed by atoms with E-state index in [-0.39, 0.29) is 6.54 Å². The molecule has 6 heteroatoms. The summed E-state index contributed by atoms with van der Waals surface area (Å²) in [6, 6.07) is 6.87. The van der Waals surface area contributed by atoms with Gasteiger partial charge in [-0.15, -0.1) is 0 Å². The van der Waals surface area contributed by atoms with Crippen molar-refractivity contribution in [2.75, 3.05) is 11.9 Å². The topological polar surface area (TPSA) is 46.3 Å². The van der Waals surface area contributed by atoms with Crippen LogP contribution in [0.3, 0.4) is 0 Å². The van der Waals surface area contributed by atoms with E-state index in [1.54, 1.807) is 24.3 Å². The normalized spacial score (nSPS) is 11.4. The van der Waals surface area contributed by atoms with Gasteiger partial charge in [0.15, 0.2) is 0 Å². The zero-order valence-corrected chi connectivity index (χ0v) is 10.00. The third-order valence-electron chi connectivity index (χ3n) is 2.57. The Labute approximate surface area is 103 Å². The Hall–Kier alpha value is -1.56. The summed E-state index contributed by atoms with van der Waals surface area (Å²) in [5, 5.41) is 0. The number of alkyl halides is 3. The van der Waals surface area contributed by atoms with Crippen LogP contribution >= 0.6 is 0 Å². The zero-order valence-electron chi connectivity index (χ0n) is 10.00. The monoisotopic (exact) mass is 260 g/mol. The van der Waals surface area contributed by atoms with E-state index >= 15 is 0 Å². The van der Waals surface area contributed by atoms with Gasteiger partial charge in [0.2, 0.25) is 5.91 Å². The number of carbonyl (C=O) groups excluding carboxylic acids is 1. The number of benzene rings is 1. The van der Waals surface area contributed by atoms with Crippen LogP contribution in [-0.4, -0.2) is 19.1 Å². The predicted molar refractivity (Wildman–Crippen MR) is 63.0 cm³/mol. The molecule has 0 unspecified atom stereocenters. The third kappa shape index (κ3) is 4.03. The number of rotatable bonds is 4. The molecule has 0 aliphatic rings. The van der Waals surface area contributed by atoms with Gasteiger partial charge in [0, 0.05) is 25.7 Å². The number of para-hydroxylation sites is 1. The highest BCUT2D eigenvalue weighted by Gasteiger charge is 2.29. The molecule has 1 rings (SSSR count). The fourth-order valence-corrected chi connectivity index (χ4v) is 1.56. The van der Waals surface area contributed by atoms with Crippen LogP contribution in [-0.2, 0) is 11.3 Å². The number of nitrogens with zero attached hydrogens (tertiary/aromatic N) is 1. The van der Waals surface area contributed by atoms with Crippen molar-refractivity contribution in [3.63, 3.8) is 0 Å². The van der Waals surface area contributed by atoms with Gasteiger partial charge in [0.25, 0.3) is 0 Å². The molecule has 1 amide bonds. The van der Waals surface area contributed by atoms with Gasteiger partial charge in [0.05, 0.1) is 6.42 Å². The summed E-state index contributed by atoms with van der Waals surface area (Å²) < 4.78 is 36.1. The van der Waals surface area contributed by atoms with Crippen molar-refractivity contribution in [1.82, 2.24) is 0 Å². The third-order valence-corrected chi connectivity index (χ3v) is 2.57. The molecule has 0 bridgehead atoms. The minimum atomic E-state index is -4.32. The summed E-state index contributed by atoms with van der Waals surface area (Å²) in [5.74, 6) is -0.576. The second kappa shape index (κ2) is 5.86.